The Morgan fingerprint density at radius 3 is 1.01 bits per heavy atom. The molecule has 0 N–H and O–H groups in total. The van der Waals surface area contributed by atoms with E-state index >= 15 is 0 Å². The molecule has 0 spiro atoms. The van der Waals surface area contributed by atoms with Gasteiger partial charge >= 0.3 is 0 Å². The van der Waals surface area contributed by atoms with Gasteiger partial charge in [0.05, 0.1) is 88.8 Å². The Hall–Kier alpha value is -13.8. The van der Waals surface area contributed by atoms with E-state index in [9.17, 15) is 21.9 Å². The minimum absolute atomic E-state index is 0.0668. The average molecular weight is 1560 g/mol. The van der Waals surface area contributed by atoms with Gasteiger partial charge in [0, 0.05) is 99.1 Å². The van der Waals surface area contributed by atoms with Crippen LogP contribution in [0.15, 0.2) is 338 Å². The largest absolute Gasteiger partial charge is 0.452 e. The molecule has 2 aliphatic rings. The average Bonchev–Trinajstić information content (AvgIpc) is 1.10. The summed E-state index contributed by atoms with van der Waals surface area (Å²) in [5.41, 5.74) is 19.5. The summed E-state index contributed by atoms with van der Waals surface area (Å²) >= 11 is 0. The van der Waals surface area contributed by atoms with Crippen LogP contribution in [0, 0.1) is 0 Å². The van der Waals surface area contributed by atoms with Gasteiger partial charge in [0.1, 0.15) is 0 Å². The molecule has 0 unspecified atom stereocenters. The highest BCUT2D eigenvalue weighted by Gasteiger charge is 2.46. The summed E-state index contributed by atoms with van der Waals surface area (Å²) in [4.78, 5) is 4.55. The fourth-order valence-electron chi connectivity index (χ4n) is 19.3. The fourth-order valence-corrected chi connectivity index (χ4v) is 19.3. The van der Waals surface area contributed by atoms with Crippen molar-refractivity contribution in [3.05, 3.63) is 356 Å². The number of nitrogens with zero attached hydrogens (tertiary/aromatic N) is 6. The maximum Gasteiger partial charge on any atom is 0.252 e. The molecule has 23 rings (SSSR count). The third-order valence-electron chi connectivity index (χ3n) is 25.3. The first kappa shape index (κ1) is 56.5. The van der Waals surface area contributed by atoms with Gasteiger partial charge in [-0.15, -0.1) is 0 Å². The molecule has 0 radical (unpaired) electrons. The molecule has 120 heavy (non-hydrogen) atoms. The molecule has 21 aromatic rings. The Morgan fingerprint density at radius 1 is 0.258 bits per heavy atom. The van der Waals surface area contributed by atoms with E-state index in [2.05, 4.69) is 260 Å². The number of hydrogen-bond donors (Lipinski definition) is 0. The van der Waals surface area contributed by atoms with Gasteiger partial charge in [-0.2, -0.15) is 0 Å². The van der Waals surface area contributed by atoms with Gasteiger partial charge in [-0.1, -0.05) is 295 Å². The van der Waals surface area contributed by atoms with E-state index < -0.39 is 103 Å². The summed E-state index contributed by atoms with van der Waals surface area (Å²) in [5, 5.41) is 5.45. The molecule has 0 saturated carbocycles. The van der Waals surface area contributed by atoms with Crippen molar-refractivity contribution in [2.45, 2.75) is 105 Å². The molecule has 0 amide bonds. The topological polar surface area (TPSA) is 39.3 Å². The molecule has 7 nitrogen and oxygen atoms in total. The highest BCUT2D eigenvalue weighted by Crippen LogP contribution is 2.55. The normalized spacial score (nSPS) is 15.2. The summed E-state index contributed by atoms with van der Waals surface area (Å²) < 4.78 is 169. The lowest BCUT2D eigenvalue weighted by Crippen LogP contribution is -2.61. The first-order chi connectivity index (χ1) is 64.7. The zero-order valence-corrected chi connectivity index (χ0v) is 68.7. The number of furan rings is 1. The van der Waals surface area contributed by atoms with Crippen molar-refractivity contribution in [1.29, 1.82) is 0 Å². The predicted octanol–water partition coefficient (Wildman–Crippen LogP) is 28.6. The van der Waals surface area contributed by atoms with Crippen molar-refractivity contribution >= 4 is 166 Å². The molecule has 7 heterocycles. The van der Waals surface area contributed by atoms with Crippen molar-refractivity contribution < 1.29 is 26.3 Å². The van der Waals surface area contributed by atoms with Crippen molar-refractivity contribution in [3.8, 4) is 45.0 Å². The lowest BCUT2D eigenvalue weighted by molar-refractivity contribution is 0.590. The van der Waals surface area contributed by atoms with E-state index in [1.165, 1.54) is 11.1 Å². The third-order valence-corrected chi connectivity index (χ3v) is 25.3. The van der Waals surface area contributed by atoms with E-state index in [1.54, 1.807) is 9.13 Å². The monoisotopic (exact) mass is 1560 g/mol. The maximum absolute atomic E-state index is 10.0. The molecule has 0 saturated heterocycles. The highest BCUT2D eigenvalue weighted by atomic mass is 16.3. The molecule has 0 atom stereocenters. The van der Waals surface area contributed by atoms with Crippen molar-refractivity contribution in [3.63, 3.8) is 0 Å². The summed E-state index contributed by atoms with van der Waals surface area (Å²) in [6.07, 6.45) is 0. The number of rotatable bonds is 8. The maximum atomic E-state index is 10.0. The molecular weight excluding hydrogens is 1460 g/mol. The molecule has 2 aliphatic heterocycles. The highest BCUT2D eigenvalue weighted by molar-refractivity contribution is 7.00. The Kier molecular flexibility index (Phi) is 12.2. The van der Waals surface area contributed by atoms with Gasteiger partial charge in [-0.3, -0.25) is 0 Å². The van der Waals surface area contributed by atoms with Crippen LogP contribution >= 0.6 is 0 Å². The zero-order valence-electron chi connectivity index (χ0n) is 84.7. The first-order valence-electron chi connectivity index (χ1n) is 49.2. The van der Waals surface area contributed by atoms with Gasteiger partial charge in [-0.25, -0.2) is 0 Å². The Bertz CT molecular complexity index is 8590. The summed E-state index contributed by atoms with van der Waals surface area (Å²) in [6, 6.07) is 74.1. The van der Waals surface area contributed by atoms with Crippen LogP contribution in [0.3, 0.4) is 0 Å². The standard InChI is InChI=1S/C112H91BN6O/c1-109(2,3)70-48-56-95-85(60-70)86-61-71(110(4,5)6)49-57-96(86)116(95)76-66-103-105-104(67-76)119(106-77(68-30-15-13-16-31-68)38-27-39-78(106)69-32-17-14-18-33-69)102-65-75(115-93-44-25-21-36-81(93)82-37-22-26-45-94(82)115)53-55-90(102)113(105)89-54-52-74(114-91-42-23-19-34-79(91)80-35-20-24-43-92(80)114)64-101(89)118(103)100-47-29-41-84-83-40-28-46-99(107(83)120-108(84)100)117-97-58-50-72(111(7,8)9)62-87(97)88-63-73(112(10,11)12)51-59-98(88)117/h13-67H,1-12H3/i19D,20D,21D,22D,23D,24D,25D,26D,34D,35D,36D,37D,42D,43D,44D,45D. The van der Waals surface area contributed by atoms with Gasteiger partial charge < -0.3 is 32.5 Å². The van der Waals surface area contributed by atoms with Crippen LogP contribution in [0.1, 0.15) is 127 Å². The van der Waals surface area contributed by atoms with E-state index in [0.29, 0.717) is 61.9 Å². The Labute approximate surface area is 722 Å². The fraction of sp³-hybridized carbons (Fsp3) is 0.143. The van der Waals surface area contributed by atoms with Crippen LogP contribution in [0.4, 0.5) is 34.1 Å². The van der Waals surface area contributed by atoms with Crippen LogP contribution in [-0.4, -0.2) is 25.0 Å². The van der Waals surface area contributed by atoms with Crippen LogP contribution in [-0.2, 0) is 21.7 Å². The van der Waals surface area contributed by atoms with Crippen molar-refractivity contribution in [2.24, 2.45) is 0 Å². The lowest BCUT2D eigenvalue weighted by atomic mass is 9.33. The molecule has 0 fully saturated rings. The second-order valence-corrected chi connectivity index (χ2v) is 36.5. The Morgan fingerprint density at radius 2 is 0.600 bits per heavy atom. The predicted molar refractivity (Wildman–Crippen MR) is 511 cm³/mol. The molecule has 16 aromatic carbocycles. The lowest BCUT2D eigenvalue weighted by Gasteiger charge is -2.45. The van der Waals surface area contributed by atoms with Crippen LogP contribution in [0.5, 0.6) is 0 Å². The third kappa shape index (κ3) is 10.7. The van der Waals surface area contributed by atoms with Gasteiger partial charge in [0.2, 0.25) is 0 Å². The zero-order chi connectivity index (χ0) is 95.2. The summed E-state index contributed by atoms with van der Waals surface area (Å²) in [5.74, 6) is 0. The van der Waals surface area contributed by atoms with E-state index in [0.717, 1.165) is 105 Å². The quantitative estimate of drug-likeness (QED) is 0.142. The number of anilines is 6. The van der Waals surface area contributed by atoms with Gasteiger partial charge in [-0.05, 0) is 193 Å². The number of hydrogen-bond acceptors (Lipinski definition) is 3. The van der Waals surface area contributed by atoms with Crippen molar-refractivity contribution in [2.75, 3.05) is 9.80 Å². The summed E-state index contributed by atoms with van der Waals surface area (Å²) in [6.45, 7) is 25.9. The van der Waals surface area contributed by atoms with Crippen LogP contribution < -0.4 is 26.2 Å². The number of benzene rings is 16. The van der Waals surface area contributed by atoms with Gasteiger partial charge in [0.15, 0.2) is 11.2 Å². The van der Waals surface area contributed by atoms with E-state index in [4.69, 9.17) is 4.42 Å². The summed E-state index contributed by atoms with van der Waals surface area (Å²) in [7, 11) is 0. The first-order valence-corrected chi connectivity index (χ1v) is 41.2. The molecule has 8 heteroatoms. The number of aromatic nitrogens is 4. The minimum atomic E-state index is -0.847. The molecule has 5 aromatic heterocycles. The number of para-hydroxylation sites is 7. The van der Waals surface area contributed by atoms with Crippen LogP contribution in [0.25, 0.3) is 154 Å². The SMILES string of the molecule is [2H]c1c([2H])c([2H])c2c(c1[2H])c1c([2H])c([2H])c([2H])c([2H])c1n2-c1ccc2c(c1)N(c1c(-c3ccccc3)cccc1-c1ccccc1)c1cc(-n3c4ccc(C(C)(C)C)cc4c4cc(C(C)(C)C)ccc43)cc3c1B2c1ccc(-n2c4c([2H])c([2H])c([2H])c([2H])c4c4c([2H])c([2H])c([2H])c([2H])c42)cc1N3c1cccc2c1oc1c(-n3c4ccc(C(C)(C)C)cc4c4cc(C(C)(C)C)ccc43)cccc12. The molecular formula is C112H91BN6O. The van der Waals surface area contributed by atoms with E-state index in [1.807, 2.05) is 78.9 Å². The Balaban J connectivity index is 0.921. The second kappa shape index (κ2) is 25.8. The van der Waals surface area contributed by atoms with Crippen molar-refractivity contribution in [1.82, 2.24) is 18.3 Å². The molecule has 578 valence electrons. The second-order valence-electron chi connectivity index (χ2n) is 36.5. The minimum Gasteiger partial charge on any atom is -0.452 e. The van der Waals surface area contributed by atoms with Gasteiger partial charge in [0.25, 0.3) is 6.71 Å². The van der Waals surface area contributed by atoms with Crippen LogP contribution in [0.2, 0.25) is 0 Å². The molecule has 0 bridgehead atoms. The molecule has 0 aliphatic carbocycles. The number of fused-ring (bicyclic) bond motifs is 19. The smallest absolute Gasteiger partial charge is 0.252 e. The van der Waals surface area contributed by atoms with E-state index in [-0.39, 0.29) is 71.0 Å².